The van der Waals surface area contributed by atoms with E-state index in [1.54, 1.807) is 6.92 Å². The van der Waals surface area contributed by atoms with Gasteiger partial charge in [-0.3, -0.25) is 9.59 Å². The van der Waals surface area contributed by atoms with E-state index in [-0.39, 0.29) is 18.3 Å². The predicted octanol–water partition coefficient (Wildman–Crippen LogP) is 2.36. The highest BCUT2D eigenvalue weighted by molar-refractivity contribution is 5.94. The second-order valence-corrected chi connectivity index (χ2v) is 4.50. The molecule has 2 N–H and O–H groups in total. The van der Waals surface area contributed by atoms with Gasteiger partial charge in [-0.25, -0.2) is 4.39 Å². The van der Waals surface area contributed by atoms with E-state index in [0.29, 0.717) is 17.5 Å². The van der Waals surface area contributed by atoms with Crippen molar-refractivity contribution in [2.24, 2.45) is 5.92 Å². The summed E-state index contributed by atoms with van der Waals surface area (Å²) in [5.41, 5.74) is 0.718. The van der Waals surface area contributed by atoms with Gasteiger partial charge >= 0.3 is 5.97 Å². The van der Waals surface area contributed by atoms with E-state index in [1.807, 2.05) is 6.92 Å². The molecule has 5 heteroatoms. The molecule has 1 atom stereocenters. The van der Waals surface area contributed by atoms with Gasteiger partial charge in [-0.1, -0.05) is 13.3 Å². The molecule has 0 fully saturated rings. The molecule has 104 valence electrons. The van der Waals surface area contributed by atoms with Crippen LogP contribution in [0.3, 0.4) is 0 Å². The summed E-state index contributed by atoms with van der Waals surface area (Å²) in [7, 11) is 0. The summed E-state index contributed by atoms with van der Waals surface area (Å²) in [5, 5.41) is 11.5. The van der Waals surface area contributed by atoms with Crippen LogP contribution in [0, 0.1) is 18.7 Å². The van der Waals surface area contributed by atoms with Crippen LogP contribution in [0.1, 0.15) is 35.7 Å². The molecule has 0 spiro atoms. The van der Waals surface area contributed by atoms with E-state index >= 15 is 0 Å². The van der Waals surface area contributed by atoms with E-state index in [1.165, 1.54) is 18.2 Å². The molecular formula is C14H18FNO3. The van der Waals surface area contributed by atoms with E-state index in [4.69, 9.17) is 5.11 Å². The summed E-state index contributed by atoms with van der Waals surface area (Å²) in [4.78, 5) is 22.7. The first kappa shape index (κ1) is 15.1. The molecule has 1 rings (SSSR count). The zero-order valence-electron chi connectivity index (χ0n) is 11.1. The fourth-order valence-electron chi connectivity index (χ4n) is 1.77. The second-order valence-electron chi connectivity index (χ2n) is 4.50. The molecule has 0 saturated carbocycles. The Labute approximate surface area is 111 Å². The van der Waals surface area contributed by atoms with Gasteiger partial charge in [0, 0.05) is 12.1 Å². The Balaban J connectivity index is 2.63. The first-order valence-electron chi connectivity index (χ1n) is 6.22. The van der Waals surface area contributed by atoms with Gasteiger partial charge in [-0.15, -0.1) is 0 Å². The fraction of sp³-hybridized carbons (Fsp3) is 0.429. The number of hydrogen-bond acceptors (Lipinski definition) is 2. The summed E-state index contributed by atoms with van der Waals surface area (Å²) in [5.74, 6) is -2.26. The molecule has 19 heavy (non-hydrogen) atoms. The highest BCUT2D eigenvalue weighted by Gasteiger charge is 2.17. The minimum Gasteiger partial charge on any atom is -0.481 e. The lowest BCUT2D eigenvalue weighted by atomic mass is 10.0. The molecule has 0 aliphatic carbocycles. The maximum atomic E-state index is 13.1. The third kappa shape index (κ3) is 4.35. The monoisotopic (exact) mass is 267 g/mol. The SMILES string of the molecule is CCCC(CNC(=O)c1ccc(F)c(C)c1)C(=O)O. The van der Waals surface area contributed by atoms with Gasteiger partial charge in [0.05, 0.1) is 5.92 Å². The topological polar surface area (TPSA) is 66.4 Å². The summed E-state index contributed by atoms with van der Waals surface area (Å²) in [6.07, 6.45) is 1.25. The van der Waals surface area contributed by atoms with E-state index in [2.05, 4.69) is 5.32 Å². The summed E-state index contributed by atoms with van der Waals surface area (Å²) < 4.78 is 13.1. The minimum atomic E-state index is -0.919. The van der Waals surface area contributed by atoms with Crippen LogP contribution < -0.4 is 5.32 Å². The average Bonchev–Trinajstić information content (AvgIpc) is 2.37. The van der Waals surface area contributed by atoms with Crippen molar-refractivity contribution < 1.29 is 19.1 Å². The summed E-state index contributed by atoms with van der Waals surface area (Å²) >= 11 is 0. The molecule has 4 nitrogen and oxygen atoms in total. The molecule has 0 saturated heterocycles. The van der Waals surface area contributed by atoms with Crippen LogP contribution in [0.25, 0.3) is 0 Å². The van der Waals surface area contributed by atoms with Gasteiger partial charge in [0.25, 0.3) is 5.91 Å². The van der Waals surface area contributed by atoms with Crippen LogP contribution >= 0.6 is 0 Å². The number of carboxylic acid groups (broad SMARTS) is 1. The smallest absolute Gasteiger partial charge is 0.308 e. The number of rotatable bonds is 6. The Bertz CT molecular complexity index is 474. The third-order valence-electron chi connectivity index (χ3n) is 2.92. The van der Waals surface area contributed by atoms with Crippen molar-refractivity contribution in [1.82, 2.24) is 5.32 Å². The van der Waals surface area contributed by atoms with Crippen molar-refractivity contribution in [2.75, 3.05) is 6.54 Å². The van der Waals surface area contributed by atoms with Crippen molar-refractivity contribution in [3.05, 3.63) is 35.1 Å². The van der Waals surface area contributed by atoms with E-state index in [0.717, 1.165) is 6.42 Å². The molecule has 0 radical (unpaired) electrons. The van der Waals surface area contributed by atoms with Gasteiger partial charge in [0.2, 0.25) is 0 Å². The van der Waals surface area contributed by atoms with Crippen LogP contribution in [-0.4, -0.2) is 23.5 Å². The second kappa shape index (κ2) is 6.87. The predicted molar refractivity (Wildman–Crippen MR) is 69.5 cm³/mol. The highest BCUT2D eigenvalue weighted by Crippen LogP contribution is 2.10. The van der Waals surface area contributed by atoms with E-state index < -0.39 is 11.9 Å². The lowest BCUT2D eigenvalue weighted by Crippen LogP contribution is -2.33. The highest BCUT2D eigenvalue weighted by atomic mass is 19.1. The Morgan fingerprint density at radius 1 is 1.42 bits per heavy atom. The fourth-order valence-corrected chi connectivity index (χ4v) is 1.77. The third-order valence-corrected chi connectivity index (χ3v) is 2.92. The van der Waals surface area contributed by atoms with Crippen LogP contribution in [0.5, 0.6) is 0 Å². The Hall–Kier alpha value is -1.91. The molecule has 1 aromatic carbocycles. The molecule has 0 aliphatic rings. The first-order chi connectivity index (χ1) is 8.95. The number of carboxylic acids is 1. The van der Waals surface area contributed by atoms with Crippen molar-refractivity contribution in [2.45, 2.75) is 26.7 Å². The molecule has 1 aromatic rings. The molecule has 0 bridgehead atoms. The maximum absolute atomic E-state index is 13.1. The normalized spacial score (nSPS) is 11.9. The molecular weight excluding hydrogens is 249 g/mol. The number of aliphatic carboxylic acids is 1. The lowest BCUT2D eigenvalue weighted by molar-refractivity contribution is -0.141. The zero-order valence-corrected chi connectivity index (χ0v) is 11.1. The van der Waals surface area contributed by atoms with Gasteiger partial charge in [-0.2, -0.15) is 0 Å². The number of benzene rings is 1. The van der Waals surface area contributed by atoms with Crippen LogP contribution in [0.4, 0.5) is 4.39 Å². The van der Waals surface area contributed by atoms with Gasteiger partial charge in [0.1, 0.15) is 5.82 Å². The minimum absolute atomic E-state index is 0.0818. The van der Waals surface area contributed by atoms with Crippen LogP contribution in [0.15, 0.2) is 18.2 Å². The molecule has 0 aromatic heterocycles. The summed E-state index contributed by atoms with van der Waals surface area (Å²) in [6, 6.07) is 4.05. The van der Waals surface area contributed by atoms with Crippen molar-refractivity contribution in [3.63, 3.8) is 0 Å². The van der Waals surface area contributed by atoms with E-state index in [9.17, 15) is 14.0 Å². The molecule has 0 aliphatic heterocycles. The number of halogens is 1. The standard InChI is InChI=1S/C14H18FNO3/c1-3-4-11(14(18)19)8-16-13(17)10-5-6-12(15)9(2)7-10/h5-7,11H,3-4,8H2,1-2H3,(H,16,17)(H,18,19). The Kier molecular flexibility index (Phi) is 5.48. The molecule has 1 unspecified atom stereocenters. The van der Waals surface area contributed by atoms with Crippen molar-refractivity contribution in [3.8, 4) is 0 Å². The number of carbonyl (C=O) groups is 2. The van der Waals surface area contributed by atoms with Crippen LogP contribution in [-0.2, 0) is 4.79 Å². The number of amides is 1. The number of hydrogen-bond donors (Lipinski definition) is 2. The number of nitrogens with one attached hydrogen (secondary N) is 1. The zero-order chi connectivity index (χ0) is 14.4. The lowest BCUT2D eigenvalue weighted by Gasteiger charge is -2.12. The van der Waals surface area contributed by atoms with Crippen molar-refractivity contribution in [1.29, 1.82) is 0 Å². The van der Waals surface area contributed by atoms with Gasteiger partial charge in [0.15, 0.2) is 0 Å². The quantitative estimate of drug-likeness (QED) is 0.831. The molecule has 1 amide bonds. The van der Waals surface area contributed by atoms with Crippen LogP contribution in [0.2, 0.25) is 0 Å². The average molecular weight is 267 g/mol. The Morgan fingerprint density at radius 2 is 2.11 bits per heavy atom. The largest absolute Gasteiger partial charge is 0.481 e. The first-order valence-corrected chi connectivity index (χ1v) is 6.22. The summed E-state index contributed by atoms with van der Waals surface area (Å²) in [6.45, 7) is 3.54. The maximum Gasteiger partial charge on any atom is 0.308 e. The van der Waals surface area contributed by atoms with Gasteiger partial charge in [-0.05, 0) is 37.1 Å². The van der Waals surface area contributed by atoms with Gasteiger partial charge < -0.3 is 10.4 Å². The Morgan fingerprint density at radius 3 is 2.63 bits per heavy atom. The number of carbonyl (C=O) groups excluding carboxylic acids is 1. The van der Waals surface area contributed by atoms with Crippen molar-refractivity contribution >= 4 is 11.9 Å². The number of aryl methyl sites for hydroxylation is 1. The molecule has 0 heterocycles.